The summed E-state index contributed by atoms with van der Waals surface area (Å²) in [6.45, 7) is 1.59. The highest BCUT2D eigenvalue weighted by atomic mass is 19.4. The molecule has 0 aliphatic rings. The third kappa shape index (κ3) is 4.95. The van der Waals surface area contributed by atoms with Crippen molar-refractivity contribution < 1.29 is 32.2 Å². The molecular weight excluding hydrogens is 387 g/mol. The van der Waals surface area contributed by atoms with Gasteiger partial charge in [0, 0.05) is 19.1 Å². The highest BCUT2D eigenvalue weighted by Gasteiger charge is 2.63. The van der Waals surface area contributed by atoms with Crippen molar-refractivity contribution in [3.05, 3.63) is 71.8 Å². The minimum absolute atomic E-state index is 0.0212. The molecule has 0 aliphatic heterocycles. The molecule has 5 nitrogen and oxygen atoms in total. The van der Waals surface area contributed by atoms with Gasteiger partial charge in [-0.1, -0.05) is 60.7 Å². The summed E-state index contributed by atoms with van der Waals surface area (Å²) in [5.41, 5.74) is -3.01. The molecule has 1 N–H and O–H groups in total. The van der Waals surface area contributed by atoms with Crippen LogP contribution in [-0.4, -0.2) is 37.8 Å². The van der Waals surface area contributed by atoms with Gasteiger partial charge in [-0.15, -0.1) is 0 Å². The number of halogens is 3. The Balaban J connectivity index is 2.41. The first-order valence-electron chi connectivity index (χ1n) is 8.95. The van der Waals surface area contributed by atoms with Gasteiger partial charge in [0.25, 0.3) is 11.5 Å². The predicted octanol–water partition coefficient (Wildman–Crippen LogP) is 3.38. The van der Waals surface area contributed by atoms with Crippen molar-refractivity contribution in [1.82, 2.24) is 5.32 Å². The Morgan fingerprint density at radius 2 is 1.55 bits per heavy atom. The van der Waals surface area contributed by atoms with E-state index in [0.717, 1.165) is 19.2 Å². The highest BCUT2D eigenvalue weighted by Crippen LogP contribution is 2.42. The third-order valence-corrected chi connectivity index (χ3v) is 4.36. The maximum absolute atomic E-state index is 14.0. The number of hydrogen-bond acceptors (Lipinski definition) is 4. The topological polar surface area (TPSA) is 64.6 Å². The first-order valence-corrected chi connectivity index (χ1v) is 8.95. The molecule has 0 spiro atoms. The van der Waals surface area contributed by atoms with Crippen LogP contribution < -0.4 is 5.32 Å². The lowest BCUT2D eigenvalue weighted by Gasteiger charge is -2.34. The van der Waals surface area contributed by atoms with Gasteiger partial charge in [0.05, 0.1) is 6.61 Å². The average Bonchev–Trinajstić information content (AvgIpc) is 2.69. The largest absolute Gasteiger partial charge is 0.464 e. The standard InChI is InChI=1S/C21H22F3NO4/c1-3-29-18(26)17(14-15-10-6-4-7-11-15)25-19(27)20(28-2,21(22,23)24)16-12-8-5-9-13-16/h4-13,17H,3,14H2,1-2H3,(H,25,27)/t17-,20+/m0/s1. The van der Waals surface area contributed by atoms with E-state index in [4.69, 9.17) is 9.47 Å². The normalized spacial score (nSPS) is 14.5. The summed E-state index contributed by atoms with van der Waals surface area (Å²) < 4.78 is 51.8. The summed E-state index contributed by atoms with van der Waals surface area (Å²) in [5.74, 6) is -2.32. The summed E-state index contributed by atoms with van der Waals surface area (Å²) in [6, 6.07) is 13.8. The van der Waals surface area contributed by atoms with E-state index in [9.17, 15) is 22.8 Å². The zero-order valence-corrected chi connectivity index (χ0v) is 16.0. The summed E-state index contributed by atoms with van der Waals surface area (Å²) in [6.07, 6.45) is -5.10. The first-order chi connectivity index (χ1) is 13.8. The van der Waals surface area contributed by atoms with E-state index in [1.807, 2.05) is 0 Å². The van der Waals surface area contributed by atoms with Crippen LogP contribution in [0.3, 0.4) is 0 Å². The summed E-state index contributed by atoms with van der Waals surface area (Å²) in [7, 11) is 0.802. The van der Waals surface area contributed by atoms with Gasteiger partial charge in [-0.2, -0.15) is 13.2 Å². The van der Waals surface area contributed by atoms with Gasteiger partial charge < -0.3 is 14.8 Å². The molecule has 0 saturated carbocycles. The molecule has 2 aromatic carbocycles. The molecule has 0 aromatic heterocycles. The van der Waals surface area contributed by atoms with Crippen molar-refractivity contribution in [2.75, 3.05) is 13.7 Å². The van der Waals surface area contributed by atoms with E-state index in [0.29, 0.717) is 5.56 Å². The number of benzene rings is 2. The van der Waals surface area contributed by atoms with Gasteiger partial charge >= 0.3 is 12.1 Å². The predicted molar refractivity (Wildman–Crippen MR) is 99.9 cm³/mol. The fourth-order valence-corrected chi connectivity index (χ4v) is 2.97. The van der Waals surface area contributed by atoms with E-state index < -0.39 is 35.3 Å². The minimum Gasteiger partial charge on any atom is -0.464 e. The Morgan fingerprint density at radius 1 is 1.00 bits per heavy atom. The Kier molecular flexibility index (Phi) is 7.39. The van der Waals surface area contributed by atoms with Crippen molar-refractivity contribution in [2.24, 2.45) is 0 Å². The highest BCUT2D eigenvalue weighted by molar-refractivity contribution is 5.91. The molecule has 1 amide bonds. The lowest BCUT2D eigenvalue weighted by atomic mass is 9.91. The molecular formula is C21H22F3NO4. The molecule has 0 unspecified atom stereocenters. The maximum atomic E-state index is 14.0. The number of ether oxygens (including phenoxy) is 2. The Bertz CT molecular complexity index is 812. The van der Waals surface area contributed by atoms with Crippen LogP contribution in [0.2, 0.25) is 0 Å². The number of carbonyl (C=O) groups is 2. The number of carbonyl (C=O) groups excluding carboxylic acids is 2. The Labute approximate surface area is 166 Å². The van der Waals surface area contributed by atoms with Gasteiger partial charge in [0.15, 0.2) is 0 Å². The van der Waals surface area contributed by atoms with E-state index in [2.05, 4.69) is 5.32 Å². The monoisotopic (exact) mass is 409 g/mol. The Hall–Kier alpha value is -2.87. The smallest absolute Gasteiger partial charge is 0.430 e. The molecule has 0 heterocycles. The molecule has 0 bridgehead atoms. The van der Waals surface area contributed by atoms with Crippen LogP contribution in [0, 0.1) is 0 Å². The first kappa shape index (κ1) is 22.4. The number of nitrogens with one attached hydrogen (secondary N) is 1. The molecule has 2 aromatic rings. The van der Waals surface area contributed by atoms with Crippen LogP contribution in [0.25, 0.3) is 0 Å². The zero-order chi connectivity index (χ0) is 21.5. The van der Waals surface area contributed by atoms with Gasteiger partial charge in [-0.25, -0.2) is 4.79 Å². The van der Waals surface area contributed by atoms with E-state index >= 15 is 0 Å². The van der Waals surface area contributed by atoms with Crippen LogP contribution in [0.4, 0.5) is 13.2 Å². The fourth-order valence-electron chi connectivity index (χ4n) is 2.97. The molecule has 0 radical (unpaired) electrons. The van der Waals surface area contributed by atoms with E-state index in [1.165, 1.54) is 18.2 Å². The molecule has 8 heteroatoms. The number of amides is 1. The van der Waals surface area contributed by atoms with Gasteiger partial charge in [0.1, 0.15) is 6.04 Å². The van der Waals surface area contributed by atoms with E-state index in [-0.39, 0.29) is 13.0 Å². The van der Waals surface area contributed by atoms with Crippen LogP contribution in [0.5, 0.6) is 0 Å². The van der Waals surface area contributed by atoms with Crippen LogP contribution >= 0.6 is 0 Å². The molecule has 156 valence electrons. The van der Waals surface area contributed by atoms with Gasteiger partial charge in [-0.05, 0) is 12.5 Å². The van der Waals surface area contributed by atoms with Crippen molar-refractivity contribution in [3.63, 3.8) is 0 Å². The lowest BCUT2D eigenvalue weighted by Crippen LogP contribution is -2.59. The van der Waals surface area contributed by atoms with Gasteiger partial charge in [-0.3, -0.25) is 4.79 Å². The van der Waals surface area contributed by atoms with Crippen molar-refractivity contribution >= 4 is 11.9 Å². The molecule has 0 fully saturated rings. The molecule has 2 atom stereocenters. The summed E-state index contributed by atoms with van der Waals surface area (Å²) in [5, 5.41) is 2.19. The quantitative estimate of drug-likeness (QED) is 0.679. The summed E-state index contributed by atoms with van der Waals surface area (Å²) >= 11 is 0. The number of esters is 1. The third-order valence-electron chi connectivity index (χ3n) is 4.36. The number of hydrogen-bond donors (Lipinski definition) is 1. The van der Waals surface area contributed by atoms with Crippen molar-refractivity contribution in [3.8, 4) is 0 Å². The second-order valence-electron chi connectivity index (χ2n) is 6.22. The van der Waals surface area contributed by atoms with Crippen LogP contribution in [-0.2, 0) is 31.1 Å². The second kappa shape index (κ2) is 9.56. The molecule has 0 saturated heterocycles. The SMILES string of the molecule is CCOC(=O)[C@H](Cc1ccccc1)NC(=O)[C@](OC)(c1ccccc1)C(F)(F)F. The van der Waals surface area contributed by atoms with Crippen molar-refractivity contribution in [2.45, 2.75) is 31.2 Å². The molecule has 0 aliphatic carbocycles. The number of rotatable bonds is 8. The zero-order valence-electron chi connectivity index (χ0n) is 16.0. The molecule has 2 rings (SSSR count). The minimum atomic E-state index is -5.07. The van der Waals surface area contributed by atoms with Crippen LogP contribution in [0.1, 0.15) is 18.1 Å². The molecule has 29 heavy (non-hydrogen) atoms. The average molecular weight is 409 g/mol. The summed E-state index contributed by atoms with van der Waals surface area (Å²) in [4.78, 5) is 25.2. The van der Waals surface area contributed by atoms with Crippen molar-refractivity contribution in [1.29, 1.82) is 0 Å². The van der Waals surface area contributed by atoms with Gasteiger partial charge in [0.2, 0.25) is 0 Å². The second-order valence-corrected chi connectivity index (χ2v) is 6.22. The van der Waals surface area contributed by atoms with Crippen LogP contribution in [0.15, 0.2) is 60.7 Å². The Morgan fingerprint density at radius 3 is 2.03 bits per heavy atom. The number of methoxy groups -OCH3 is 1. The maximum Gasteiger partial charge on any atom is 0.430 e. The lowest BCUT2D eigenvalue weighted by molar-refractivity contribution is -0.266. The van der Waals surface area contributed by atoms with E-state index in [1.54, 1.807) is 37.3 Å². The number of alkyl halides is 3. The fraction of sp³-hybridized carbons (Fsp3) is 0.333.